The normalized spacial score (nSPS) is 13.4. The van der Waals surface area contributed by atoms with Crippen molar-refractivity contribution in [3.63, 3.8) is 0 Å². The van der Waals surface area contributed by atoms with Crippen molar-refractivity contribution in [2.45, 2.75) is 0 Å². The molecular formula is C17H15NO7. The molecule has 1 aliphatic heterocycles. The van der Waals surface area contributed by atoms with Crippen LogP contribution in [0.4, 0.5) is 5.69 Å². The number of benzene rings is 1. The first-order valence-corrected chi connectivity index (χ1v) is 7.02. The molecule has 8 heteroatoms. The molecule has 0 spiro atoms. The number of rotatable bonds is 4. The fourth-order valence-corrected chi connectivity index (χ4v) is 2.21. The molecular weight excluding hydrogens is 330 g/mol. The van der Waals surface area contributed by atoms with E-state index in [0.717, 1.165) is 7.11 Å². The van der Waals surface area contributed by atoms with Crippen LogP contribution in [0.2, 0.25) is 0 Å². The maximum Gasteiger partial charge on any atom is 0.355 e. The van der Waals surface area contributed by atoms with Crippen LogP contribution >= 0.6 is 0 Å². The molecule has 1 aliphatic rings. The fraction of sp³-hybridized carbons (Fsp3) is 0.118. The zero-order valence-electron chi connectivity index (χ0n) is 13.4. The van der Waals surface area contributed by atoms with Crippen LogP contribution in [0.15, 0.2) is 53.9 Å². The molecule has 2 N–H and O–H groups in total. The topological polar surface area (TPSA) is 113 Å². The molecule has 0 saturated carbocycles. The molecule has 0 atom stereocenters. The summed E-state index contributed by atoms with van der Waals surface area (Å²) in [5.41, 5.74) is -0.338. The first-order valence-electron chi connectivity index (χ1n) is 7.02. The van der Waals surface area contributed by atoms with E-state index in [2.05, 4.69) is 0 Å². The Morgan fingerprint density at radius 3 is 2.32 bits per heavy atom. The zero-order chi connectivity index (χ0) is 18.6. The van der Waals surface area contributed by atoms with Crippen molar-refractivity contribution in [1.29, 1.82) is 0 Å². The summed E-state index contributed by atoms with van der Waals surface area (Å²) in [4.78, 5) is 36.8. The highest BCUT2D eigenvalue weighted by Crippen LogP contribution is 2.30. The number of nitrogens with zero attached hydrogens (tertiary/aromatic N) is 1. The van der Waals surface area contributed by atoms with E-state index in [4.69, 9.17) is 14.6 Å². The van der Waals surface area contributed by atoms with Gasteiger partial charge in [-0.15, -0.1) is 0 Å². The number of carbonyl (C=O) groups is 3. The van der Waals surface area contributed by atoms with Crippen molar-refractivity contribution in [2.24, 2.45) is 0 Å². The van der Waals surface area contributed by atoms with E-state index in [-0.39, 0.29) is 22.5 Å². The molecule has 25 heavy (non-hydrogen) atoms. The highest BCUT2D eigenvalue weighted by Gasteiger charge is 2.28. The third-order valence-corrected chi connectivity index (χ3v) is 3.38. The largest absolute Gasteiger partial charge is 0.507 e. The average molecular weight is 345 g/mol. The van der Waals surface area contributed by atoms with E-state index in [1.54, 1.807) is 6.08 Å². The van der Waals surface area contributed by atoms with Crippen molar-refractivity contribution in [2.75, 3.05) is 19.1 Å². The van der Waals surface area contributed by atoms with Crippen LogP contribution in [-0.4, -0.2) is 42.3 Å². The van der Waals surface area contributed by atoms with Crippen LogP contribution in [0.1, 0.15) is 10.4 Å². The Hall–Kier alpha value is -3.55. The van der Waals surface area contributed by atoms with E-state index in [1.165, 1.54) is 48.6 Å². The molecule has 0 amide bonds. The summed E-state index contributed by atoms with van der Waals surface area (Å²) in [5, 5.41) is 18.8. The maximum absolute atomic E-state index is 12.3. The zero-order valence-corrected chi connectivity index (χ0v) is 13.4. The lowest BCUT2D eigenvalue weighted by molar-refractivity contribution is -0.139. The lowest BCUT2D eigenvalue weighted by Crippen LogP contribution is -2.27. The number of ether oxygens (including phenoxy) is 2. The molecule has 0 bridgehead atoms. The molecule has 0 aromatic heterocycles. The third kappa shape index (κ3) is 3.52. The first-order chi connectivity index (χ1) is 11.9. The lowest BCUT2D eigenvalue weighted by atomic mass is 10.1. The molecule has 1 heterocycles. The van der Waals surface area contributed by atoms with E-state index >= 15 is 0 Å². The van der Waals surface area contributed by atoms with E-state index in [1.807, 2.05) is 0 Å². The lowest BCUT2D eigenvalue weighted by Gasteiger charge is -2.23. The number of carboxylic acid groups (broad SMARTS) is 1. The molecule has 8 nitrogen and oxygen atoms in total. The van der Waals surface area contributed by atoms with Gasteiger partial charge in [0, 0.05) is 11.9 Å². The Balaban J connectivity index is 2.69. The second kappa shape index (κ2) is 7.35. The standard InChI is InChI=1S/C17H15NO7/c1-24-16(22)11-5-3-4-8-18(14(11)17(23)25-2)10-6-7-13(19)12(9-10)15(20)21/h3-9,19H,1-2H3,(H,20,21). The number of aromatic carboxylic acids is 1. The van der Waals surface area contributed by atoms with Gasteiger partial charge in [0.05, 0.1) is 19.8 Å². The number of hydrogen-bond donors (Lipinski definition) is 2. The Morgan fingerprint density at radius 2 is 1.72 bits per heavy atom. The molecule has 0 aliphatic carbocycles. The predicted octanol–water partition coefficient (Wildman–Crippen LogP) is 1.58. The smallest absolute Gasteiger partial charge is 0.355 e. The highest BCUT2D eigenvalue weighted by atomic mass is 16.5. The summed E-state index contributed by atoms with van der Waals surface area (Å²) in [6.45, 7) is 0. The second-order valence-corrected chi connectivity index (χ2v) is 4.82. The van der Waals surface area contributed by atoms with Crippen molar-refractivity contribution < 1.29 is 34.1 Å². The summed E-state index contributed by atoms with van der Waals surface area (Å²) in [7, 11) is 2.32. The summed E-state index contributed by atoms with van der Waals surface area (Å²) >= 11 is 0. The minimum Gasteiger partial charge on any atom is -0.507 e. The molecule has 1 aromatic rings. The van der Waals surface area contributed by atoms with Crippen molar-refractivity contribution >= 4 is 23.6 Å². The Labute approximate surface area is 142 Å². The van der Waals surface area contributed by atoms with Crippen LogP contribution in [0.25, 0.3) is 0 Å². The monoisotopic (exact) mass is 345 g/mol. The molecule has 1 aromatic carbocycles. The Bertz CT molecular complexity index is 820. The van der Waals surface area contributed by atoms with Crippen LogP contribution in [0, 0.1) is 0 Å². The highest BCUT2D eigenvalue weighted by molar-refractivity contribution is 6.05. The van der Waals surface area contributed by atoms with Crippen LogP contribution in [-0.2, 0) is 19.1 Å². The van der Waals surface area contributed by atoms with Gasteiger partial charge in [0.2, 0.25) is 0 Å². The van der Waals surface area contributed by atoms with E-state index in [9.17, 15) is 19.5 Å². The van der Waals surface area contributed by atoms with Crippen molar-refractivity contribution in [3.05, 3.63) is 59.5 Å². The maximum atomic E-state index is 12.3. The number of carboxylic acids is 1. The summed E-state index contributed by atoms with van der Waals surface area (Å²) in [5.74, 6) is -3.35. The minimum absolute atomic E-state index is 0.0655. The minimum atomic E-state index is -1.34. The molecule has 0 fully saturated rings. The number of carbonyl (C=O) groups excluding carboxylic acids is 2. The number of hydrogen-bond acceptors (Lipinski definition) is 7. The Kier molecular flexibility index (Phi) is 5.23. The van der Waals surface area contributed by atoms with Gasteiger partial charge in [-0.25, -0.2) is 14.4 Å². The predicted molar refractivity (Wildman–Crippen MR) is 86.9 cm³/mol. The van der Waals surface area contributed by atoms with Crippen molar-refractivity contribution in [1.82, 2.24) is 0 Å². The average Bonchev–Trinajstić information content (AvgIpc) is 2.83. The van der Waals surface area contributed by atoms with Gasteiger partial charge in [0.25, 0.3) is 0 Å². The number of phenols is 1. The van der Waals surface area contributed by atoms with Crippen LogP contribution < -0.4 is 4.90 Å². The van der Waals surface area contributed by atoms with Gasteiger partial charge in [-0.3, -0.25) is 0 Å². The molecule has 0 saturated heterocycles. The van der Waals surface area contributed by atoms with E-state index < -0.39 is 23.7 Å². The number of allylic oxidation sites excluding steroid dienone is 2. The second-order valence-electron chi connectivity index (χ2n) is 4.82. The SMILES string of the molecule is COC(=O)C1=C(C(=O)OC)N(c2ccc(O)c(C(=O)O)c2)C=CC=C1. The third-order valence-electron chi connectivity index (χ3n) is 3.38. The summed E-state index contributed by atoms with van der Waals surface area (Å²) in [6.07, 6.45) is 5.91. The van der Waals surface area contributed by atoms with Crippen LogP contribution in [0.3, 0.4) is 0 Å². The van der Waals surface area contributed by atoms with Gasteiger partial charge < -0.3 is 24.6 Å². The van der Waals surface area contributed by atoms with Gasteiger partial charge >= 0.3 is 17.9 Å². The van der Waals surface area contributed by atoms with Crippen molar-refractivity contribution in [3.8, 4) is 5.75 Å². The summed E-state index contributed by atoms with van der Waals surface area (Å²) in [6, 6.07) is 3.75. The van der Waals surface area contributed by atoms with Crippen LogP contribution in [0.5, 0.6) is 5.75 Å². The quantitative estimate of drug-likeness (QED) is 0.791. The number of anilines is 1. The van der Waals surface area contributed by atoms with Gasteiger partial charge in [0.1, 0.15) is 17.0 Å². The molecule has 130 valence electrons. The van der Waals surface area contributed by atoms with Gasteiger partial charge in [-0.05, 0) is 30.4 Å². The van der Waals surface area contributed by atoms with Gasteiger partial charge in [-0.1, -0.05) is 6.08 Å². The first kappa shape index (κ1) is 17.8. The number of methoxy groups -OCH3 is 2. The Morgan fingerprint density at radius 1 is 1.04 bits per heavy atom. The molecule has 2 rings (SSSR count). The van der Waals surface area contributed by atoms with Gasteiger partial charge in [0.15, 0.2) is 0 Å². The number of esters is 2. The summed E-state index contributed by atoms with van der Waals surface area (Å²) < 4.78 is 9.43. The number of aromatic hydroxyl groups is 1. The molecule has 0 radical (unpaired) electrons. The molecule has 0 unspecified atom stereocenters. The fourth-order valence-electron chi connectivity index (χ4n) is 2.21. The van der Waals surface area contributed by atoms with Gasteiger partial charge in [-0.2, -0.15) is 0 Å². The van der Waals surface area contributed by atoms with E-state index in [0.29, 0.717) is 0 Å².